The van der Waals surface area contributed by atoms with Gasteiger partial charge in [0.25, 0.3) is 0 Å². The van der Waals surface area contributed by atoms with Gasteiger partial charge in [-0.15, -0.1) is 0 Å². The van der Waals surface area contributed by atoms with Crippen molar-refractivity contribution < 1.29 is 9.59 Å². The van der Waals surface area contributed by atoms with Gasteiger partial charge in [0.2, 0.25) is 11.8 Å². The molecule has 4 nitrogen and oxygen atoms in total. The fourth-order valence-corrected chi connectivity index (χ4v) is 2.58. The summed E-state index contributed by atoms with van der Waals surface area (Å²) < 4.78 is 0. The van der Waals surface area contributed by atoms with Crippen molar-refractivity contribution in [2.75, 3.05) is 13.1 Å². The highest BCUT2D eigenvalue weighted by Crippen LogP contribution is 2.16. The molecule has 2 amide bonds. The fourth-order valence-electron chi connectivity index (χ4n) is 2.58. The van der Waals surface area contributed by atoms with E-state index in [-0.39, 0.29) is 17.9 Å². The Balaban J connectivity index is 2.63. The normalized spacial score (nSPS) is 22.1. The van der Waals surface area contributed by atoms with Crippen molar-refractivity contribution in [3.8, 4) is 0 Å². The maximum absolute atomic E-state index is 12.4. The molecule has 110 valence electrons. The molecule has 0 radical (unpaired) electrons. The SMILES string of the molecule is CCCCC(CC)CN1CCC(=O)NC(CC)C1=O. The van der Waals surface area contributed by atoms with Crippen molar-refractivity contribution in [1.29, 1.82) is 0 Å². The molecule has 0 spiro atoms. The first-order valence-corrected chi connectivity index (χ1v) is 7.70. The summed E-state index contributed by atoms with van der Waals surface area (Å²) in [5.74, 6) is 0.669. The van der Waals surface area contributed by atoms with Gasteiger partial charge in [-0.25, -0.2) is 0 Å². The van der Waals surface area contributed by atoms with Crippen molar-refractivity contribution in [2.45, 2.75) is 65.3 Å². The van der Waals surface area contributed by atoms with E-state index in [0.29, 0.717) is 25.3 Å². The maximum Gasteiger partial charge on any atom is 0.245 e. The number of hydrogen-bond acceptors (Lipinski definition) is 2. The minimum absolute atomic E-state index is 0.00399. The Morgan fingerprint density at radius 2 is 2.05 bits per heavy atom. The molecule has 1 aliphatic heterocycles. The first kappa shape index (κ1) is 16.0. The van der Waals surface area contributed by atoms with Gasteiger partial charge >= 0.3 is 0 Å². The summed E-state index contributed by atoms with van der Waals surface area (Å²) in [6, 6.07) is -0.321. The Bertz CT molecular complexity index is 305. The van der Waals surface area contributed by atoms with E-state index in [1.54, 1.807) is 0 Å². The van der Waals surface area contributed by atoms with Gasteiger partial charge in [0.1, 0.15) is 6.04 Å². The van der Waals surface area contributed by atoms with E-state index in [4.69, 9.17) is 0 Å². The van der Waals surface area contributed by atoms with Crippen molar-refractivity contribution >= 4 is 11.8 Å². The molecular formula is C15H28N2O2. The van der Waals surface area contributed by atoms with Crippen molar-refractivity contribution in [2.24, 2.45) is 5.92 Å². The number of carbonyl (C=O) groups is 2. The standard InChI is InChI=1S/C15H28N2O2/c1-4-7-8-12(5-2)11-17-10-9-14(18)16-13(6-3)15(17)19/h12-13H,4-11H2,1-3H3,(H,16,18). The first-order valence-electron chi connectivity index (χ1n) is 7.70. The number of nitrogens with one attached hydrogen (secondary N) is 1. The maximum atomic E-state index is 12.4. The second kappa shape index (κ2) is 8.18. The van der Waals surface area contributed by atoms with Gasteiger partial charge in [0, 0.05) is 19.5 Å². The molecule has 0 aromatic carbocycles. The summed E-state index contributed by atoms with van der Waals surface area (Å²) in [5.41, 5.74) is 0. The Hall–Kier alpha value is -1.06. The molecular weight excluding hydrogens is 240 g/mol. The first-order chi connectivity index (χ1) is 9.12. The number of nitrogens with zero attached hydrogens (tertiary/aromatic N) is 1. The summed E-state index contributed by atoms with van der Waals surface area (Å²) in [6.45, 7) is 7.70. The molecule has 1 aliphatic rings. The summed E-state index contributed by atoms with van der Waals surface area (Å²) in [4.78, 5) is 25.8. The van der Waals surface area contributed by atoms with Crippen LogP contribution in [0.4, 0.5) is 0 Å². The van der Waals surface area contributed by atoms with Gasteiger partial charge in [0.15, 0.2) is 0 Å². The Kier molecular flexibility index (Phi) is 6.89. The average molecular weight is 268 g/mol. The molecule has 2 atom stereocenters. The molecule has 19 heavy (non-hydrogen) atoms. The smallest absolute Gasteiger partial charge is 0.245 e. The number of amides is 2. The minimum Gasteiger partial charge on any atom is -0.344 e. The molecule has 1 heterocycles. The Labute approximate surface area is 116 Å². The molecule has 4 heteroatoms. The monoisotopic (exact) mass is 268 g/mol. The van der Waals surface area contributed by atoms with E-state index in [1.165, 1.54) is 19.3 Å². The van der Waals surface area contributed by atoms with Crippen LogP contribution in [0.3, 0.4) is 0 Å². The molecule has 0 aliphatic carbocycles. The van der Waals surface area contributed by atoms with Crippen molar-refractivity contribution in [3.05, 3.63) is 0 Å². The molecule has 1 N–H and O–H groups in total. The van der Waals surface area contributed by atoms with Crippen LogP contribution < -0.4 is 5.32 Å². The lowest BCUT2D eigenvalue weighted by molar-refractivity contribution is -0.134. The third-order valence-electron chi connectivity index (χ3n) is 3.98. The average Bonchev–Trinajstić information content (AvgIpc) is 2.55. The zero-order chi connectivity index (χ0) is 14.3. The van der Waals surface area contributed by atoms with Crippen LogP contribution in [0.2, 0.25) is 0 Å². The zero-order valence-electron chi connectivity index (χ0n) is 12.6. The van der Waals surface area contributed by atoms with Crippen LogP contribution in [0, 0.1) is 5.92 Å². The van der Waals surface area contributed by atoms with Crippen LogP contribution in [0.1, 0.15) is 59.3 Å². The summed E-state index contributed by atoms with van der Waals surface area (Å²) in [7, 11) is 0. The van der Waals surface area contributed by atoms with E-state index < -0.39 is 0 Å². The van der Waals surface area contributed by atoms with Crippen LogP contribution >= 0.6 is 0 Å². The summed E-state index contributed by atoms with van der Waals surface area (Å²) >= 11 is 0. The number of carbonyl (C=O) groups excluding carboxylic acids is 2. The quantitative estimate of drug-likeness (QED) is 0.770. The van der Waals surface area contributed by atoms with E-state index in [0.717, 1.165) is 13.0 Å². The molecule has 1 saturated heterocycles. The van der Waals surface area contributed by atoms with Crippen LogP contribution in [-0.2, 0) is 9.59 Å². The van der Waals surface area contributed by atoms with E-state index in [1.807, 2.05) is 11.8 Å². The highest BCUT2D eigenvalue weighted by Gasteiger charge is 2.29. The molecule has 0 saturated carbocycles. The lowest BCUT2D eigenvalue weighted by Gasteiger charge is -2.27. The van der Waals surface area contributed by atoms with Gasteiger partial charge in [-0.05, 0) is 18.8 Å². The molecule has 0 aromatic heterocycles. The molecule has 2 unspecified atom stereocenters. The predicted molar refractivity (Wildman–Crippen MR) is 76.7 cm³/mol. The lowest BCUT2D eigenvalue weighted by atomic mass is 9.98. The lowest BCUT2D eigenvalue weighted by Crippen LogP contribution is -2.45. The fraction of sp³-hybridized carbons (Fsp3) is 0.867. The van der Waals surface area contributed by atoms with E-state index >= 15 is 0 Å². The van der Waals surface area contributed by atoms with E-state index in [9.17, 15) is 9.59 Å². The van der Waals surface area contributed by atoms with Gasteiger partial charge in [0.05, 0.1) is 0 Å². The zero-order valence-corrected chi connectivity index (χ0v) is 12.6. The van der Waals surface area contributed by atoms with E-state index in [2.05, 4.69) is 19.2 Å². The number of unbranched alkanes of at least 4 members (excludes halogenated alkanes) is 1. The van der Waals surface area contributed by atoms with Crippen molar-refractivity contribution in [3.63, 3.8) is 0 Å². The Morgan fingerprint density at radius 1 is 1.32 bits per heavy atom. The molecule has 0 aromatic rings. The van der Waals surface area contributed by atoms with Crippen LogP contribution in [-0.4, -0.2) is 35.8 Å². The predicted octanol–water partition coefficient (Wildman–Crippen LogP) is 2.33. The summed E-state index contributed by atoms with van der Waals surface area (Å²) in [6.07, 6.45) is 5.80. The molecule has 1 rings (SSSR count). The van der Waals surface area contributed by atoms with Crippen LogP contribution in [0.15, 0.2) is 0 Å². The molecule has 1 fully saturated rings. The highest BCUT2D eigenvalue weighted by molar-refractivity contribution is 5.89. The third-order valence-corrected chi connectivity index (χ3v) is 3.98. The van der Waals surface area contributed by atoms with Gasteiger partial charge < -0.3 is 10.2 Å². The molecule has 0 bridgehead atoms. The van der Waals surface area contributed by atoms with Gasteiger partial charge in [-0.2, -0.15) is 0 Å². The highest BCUT2D eigenvalue weighted by atomic mass is 16.2. The van der Waals surface area contributed by atoms with Crippen LogP contribution in [0.25, 0.3) is 0 Å². The van der Waals surface area contributed by atoms with Gasteiger partial charge in [-0.3, -0.25) is 9.59 Å². The third kappa shape index (κ3) is 4.84. The second-order valence-corrected chi connectivity index (χ2v) is 5.48. The Morgan fingerprint density at radius 3 is 2.63 bits per heavy atom. The summed E-state index contributed by atoms with van der Waals surface area (Å²) in [5, 5.41) is 2.81. The largest absolute Gasteiger partial charge is 0.344 e. The second-order valence-electron chi connectivity index (χ2n) is 5.48. The van der Waals surface area contributed by atoms with Crippen LogP contribution in [0.5, 0.6) is 0 Å². The number of rotatable bonds is 7. The number of hydrogen-bond donors (Lipinski definition) is 1. The minimum atomic E-state index is -0.321. The van der Waals surface area contributed by atoms with Crippen molar-refractivity contribution in [1.82, 2.24) is 10.2 Å². The van der Waals surface area contributed by atoms with Gasteiger partial charge in [-0.1, -0.05) is 40.0 Å². The topological polar surface area (TPSA) is 49.4 Å².